The van der Waals surface area contributed by atoms with Crippen molar-refractivity contribution in [3.05, 3.63) is 16.4 Å². The minimum Gasteiger partial charge on any atom is -0.382 e. The summed E-state index contributed by atoms with van der Waals surface area (Å²) in [5.41, 5.74) is 6.46. The number of amides is 1. The van der Waals surface area contributed by atoms with E-state index in [1.807, 2.05) is 6.92 Å². The molecule has 0 aliphatic heterocycles. The van der Waals surface area contributed by atoms with E-state index in [-0.39, 0.29) is 6.54 Å². The number of rotatable bonds is 5. The molecule has 4 N–H and O–H groups in total. The number of primary amides is 1. The Morgan fingerprint density at radius 3 is 2.81 bits per heavy atom. The molecule has 0 radical (unpaired) electrons. The number of aryl methyl sites for hydroxylation is 2. The van der Waals surface area contributed by atoms with E-state index in [0.29, 0.717) is 11.6 Å². The molecular formula is C9H15ClN4O2. The van der Waals surface area contributed by atoms with Gasteiger partial charge in [-0.25, -0.2) is 0 Å². The highest BCUT2D eigenvalue weighted by Crippen LogP contribution is 2.18. The van der Waals surface area contributed by atoms with E-state index in [1.54, 1.807) is 11.7 Å². The fraction of sp³-hybridized carbons (Fsp3) is 0.556. The average molecular weight is 247 g/mol. The lowest BCUT2D eigenvalue weighted by Gasteiger charge is -2.08. The monoisotopic (exact) mass is 246 g/mol. The molecule has 7 heteroatoms. The number of aromatic nitrogens is 2. The zero-order valence-corrected chi connectivity index (χ0v) is 9.95. The Kier molecular flexibility index (Phi) is 4.28. The maximum absolute atomic E-state index is 10.6. The Bertz CT molecular complexity index is 391. The van der Waals surface area contributed by atoms with Crippen molar-refractivity contribution in [3.8, 4) is 0 Å². The Hall–Kier alpha value is -1.11. The number of carbonyl (C=O) groups excluding carboxylic acids is 1. The first-order valence-electron chi connectivity index (χ1n) is 4.79. The minimum atomic E-state index is -1.19. The Morgan fingerprint density at radius 2 is 2.38 bits per heavy atom. The van der Waals surface area contributed by atoms with Crippen molar-refractivity contribution < 1.29 is 9.90 Å². The zero-order chi connectivity index (χ0) is 12.3. The van der Waals surface area contributed by atoms with Gasteiger partial charge in [-0.05, 0) is 6.92 Å². The zero-order valence-electron chi connectivity index (χ0n) is 9.20. The third kappa shape index (κ3) is 2.94. The van der Waals surface area contributed by atoms with Crippen molar-refractivity contribution >= 4 is 17.5 Å². The standard InChI is InChI=1S/C9H15ClN4O2/c1-5-8(10)6(14(2)13-5)3-12-4-7(15)9(11)16/h7,12,15H,3-4H2,1-2H3,(H2,11,16). The van der Waals surface area contributed by atoms with Gasteiger partial charge >= 0.3 is 0 Å². The molecule has 0 saturated carbocycles. The van der Waals surface area contributed by atoms with Crippen molar-refractivity contribution in [3.63, 3.8) is 0 Å². The normalized spacial score (nSPS) is 12.8. The first kappa shape index (κ1) is 13.0. The highest BCUT2D eigenvalue weighted by atomic mass is 35.5. The number of nitrogens with one attached hydrogen (secondary N) is 1. The second-order valence-electron chi connectivity index (χ2n) is 3.52. The molecule has 1 aromatic heterocycles. The summed E-state index contributed by atoms with van der Waals surface area (Å²) in [5, 5.41) is 16.8. The van der Waals surface area contributed by atoms with Gasteiger partial charge in [-0.1, -0.05) is 11.6 Å². The predicted octanol–water partition coefficient (Wildman–Crippen LogP) is -0.682. The fourth-order valence-corrected chi connectivity index (χ4v) is 1.53. The molecule has 1 rings (SSSR count). The van der Waals surface area contributed by atoms with E-state index in [1.165, 1.54) is 0 Å². The van der Waals surface area contributed by atoms with Crippen LogP contribution in [0, 0.1) is 6.92 Å². The highest BCUT2D eigenvalue weighted by Gasteiger charge is 2.13. The molecule has 6 nitrogen and oxygen atoms in total. The molecule has 0 spiro atoms. The van der Waals surface area contributed by atoms with Crippen LogP contribution in [0.5, 0.6) is 0 Å². The average Bonchev–Trinajstić information content (AvgIpc) is 2.44. The van der Waals surface area contributed by atoms with Gasteiger partial charge in [0.05, 0.1) is 16.4 Å². The summed E-state index contributed by atoms with van der Waals surface area (Å²) in [5.74, 6) is -0.750. The van der Waals surface area contributed by atoms with Gasteiger partial charge in [-0.3, -0.25) is 9.48 Å². The molecule has 1 unspecified atom stereocenters. The van der Waals surface area contributed by atoms with Crippen LogP contribution in [0.25, 0.3) is 0 Å². The molecule has 16 heavy (non-hydrogen) atoms. The number of aliphatic hydroxyl groups excluding tert-OH is 1. The van der Waals surface area contributed by atoms with Crippen molar-refractivity contribution in [2.45, 2.75) is 19.6 Å². The van der Waals surface area contributed by atoms with Gasteiger partial charge in [0.2, 0.25) is 5.91 Å². The van der Waals surface area contributed by atoms with E-state index < -0.39 is 12.0 Å². The smallest absolute Gasteiger partial charge is 0.247 e. The maximum atomic E-state index is 10.6. The molecule has 90 valence electrons. The molecule has 0 fully saturated rings. The number of aliphatic hydroxyl groups is 1. The lowest BCUT2D eigenvalue weighted by atomic mass is 10.3. The van der Waals surface area contributed by atoms with Crippen molar-refractivity contribution in [1.82, 2.24) is 15.1 Å². The van der Waals surface area contributed by atoms with Gasteiger partial charge in [0.25, 0.3) is 0 Å². The summed E-state index contributed by atoms with van der Waals surface area (Å²) in [6, 6.07) is 0. The van der Waals surface area contributed by atoms with E-state index >= 15 is 0 Å². The first-order chi connectivity index (χ1) is 7.43. The summed E-state index contributed by atoms with van der Waals surface area (Å²) in [6.45, 7) is 2.32. The van der Waals surface area contributed by atoms with Crippen LogP contribution in [0.4, 0.5) is 0 Å². The summed E-state index contributed by atoms with van der Waals surface area (Å²) >= 11 is 6.01. The van der Waals surface area contributed by atoms with Crippen molar-refractivity contribution in [1.29, 1.82) is 0 Å². The molecule has 0 bridgehead atoms. The highest BCUT2D eigenvalue weighted by molar-refractivity contribution is 6.31. The Morgan fingerprint density at radius 1 is 1.75 bits per heavy atom. The third-order valence-electron chi connectivity index (χ3n) is 2.22. The molecule has 0 aliphatic rings. The van der Waals surface area contributed by atoms with E-state index in [9.17, 15) is 4.79 Å². The molecule has 1 amide bonds. The van der Waals surface area contributed by atoms with Crippen LogP contribution >= 0.6 is 11.6 Å². The Balaban J connectivity index is 2.52. The van der Waals surface area contributed by atoms with Gasteiger partial charge in [0, 0.05) is 20.1 Å². The molecule has 0 aliphatic carbocycles. The summed E-state index contributed by atoms with van der Waals surface area (Å²) < 4.78 is 1.65. The van der Waals surface area contributed by atoms with Crippen LogP contribution in [-0.4, -0.2) is 33.4 Å². The van der Waals surface area contributed by atoms with Crippen LogP contribution in [0.3, 0.4) is 0 Å². The molecule has 0 aromatic carbocycles. The minimum absolute atomic E-state index is 0.0931. The quantitative estimate of drug-likeness (QED) is 0.642. The van der Waals surface area contributed by atoms with Crippen LogP contribution in [-0.2, 0) is 18.4 Å². The van der Waals surface area contributed by atoms with Gasteiger partial charge in [0.1, 0.15) is 6.10 Å². The van der Waals surface area contributed by atoms with Crippen molar-refractivity contribution in [2.75, 3.05) is 6.54 Å². The van der Waals surface area contributed by atoms with Crippen LogP contribution in [0.2, 0.25) is 5.02 Å². The van der Waals surface area contributed by atoms with Crippen LogP contribution < -0.4 is 11.1 Å². The van der Waals surface area contributed by atoms with Gasteiger partial charge < -0.3 is 16.2 Å². The SMILES string of the molecule is Cc1nn(C)c(CNCC(O)C(N)=O)c1Cl. The van der Waals surface area contributed by atoms with Crippen LogP contribution in [0.1, 0.15) is 11.4 Å². The molecular weight excluding hydrogens is 232 g/mol. The maximum Gasteiger partial charge on any atom is 0.247 e. The molecule has 1 heterocycles. The number of hydrogen-bond acceptors (Lipinski definition) is 4. The van der Waals surface area contributed by atoms with E-state index in [2.05, 4.69) is 10.4 Å². The number of hydrogen-bond donors (Lipinski definition) is 3. The van der Waals surface area contributed by atoms with E-state index in [4.69, 9.17) is 22.4 Å². The summed E-state index contributed by atoms with van der Waals surface area (Å²) in [4.78, 5) is 10.6. The first-order valence-corrected chi connectivity index (χ1v) is 5.17. The number of nitrogens with zero attached hydrogens (tertiary/aromatic N) is 2. The molecule has 1 atom stereocenters. The van der Waals surface area contributed by atoms with E-state index in [0.717, 1.165) is 11.4 Å². The second-order valence-corrected chi connectivity index (χ2v) is 3.90. The second kappa shape index (κ2) is 5.29. The van der Waals surface area contributed by atoms with Crippen LogP contribution in [0.15, 0.2) is 0 Å². The molecule has 0 saturated heterocycles. The number of carbonyl (C=O) groups is 1. The molecule has 1 aromatic rings. The third-order valence-corrected chi connectivity index (χ3v) is 2.71. The Labute approximate surface area is 98.4 Å². The van der Waals surface area contributed by atoms with Gasteiger partial charge in [-0.2, -0.15) is 5.10 Å². The fourth-order valence-electron chi connectivity index (χ4n) is 1.30. The van der Waals surface area contributed by atoms with Gasteiger partial charge in [-0.15, -0.1) is 0 Å². The summed E-state index contributed by atoms with van der Waals surface area (Å²) in [7, 11) is 1.78. The summed E-state index contributed by atoms with van der Waals surface area (Å²) in [6.07, 6.45) is -1.19. The largest absolute Gasteiger partial charge is 0.382 e. The van der Waals surface area contributed by atoms with Gasteiger partial charge in [0.15, 0.2) is 0 Å². The topological polar surface area (TPSA) is 93.2 Å². The van der Waals surface area contributed by atoms with Crippen molar-refractivity contribution in [2.24, 2.45) is 12.8 Å². The number of nitrogens with two attached hydrogens (primary N) is 1. The number of halogens is 1. The predicted molar refractivity (Wildman–Crippen MR) is 59.9 cm³/mol. The lowest BCUT2D eigenvalue weighted by Crippen LogP contribution is -2.37. The lowest BCUT2D eigenvalue weighted by molar-refractivity contribution is -0.125.